The molecule has 0 aliphatic carbocycles. The van der Waals surface area contributed by atoms with Gasteiger partial charge in [-0.1, -0.05) is 0 Å². The second kappa shape index (κ2) is 5.64. The molecule has 1 aromatic heterocycles. The van der Waals surface area contributed by atoms with Gasteiger partial charge in [0.15, 0.2) is 0 Å². The molecule has 1 rings (SSSR count). The summed E-state index contributed by atoms with van der Waals surface area (Å²) >= 11 is 0. The van der Waals surface area contributed by atoms with Crippen molar-refractivity contribution >= 4 is 17.6 Å². The molecule has 3 N–H and O–H groups in total. The number of nitro groups is 1. The van der Waals surface area contributed by atoms with E-state index in [2.05, 4.69) is 15.0 Å². The number of pyridine rings is 1. The van der Waals surface area contributed by atoms with Gasteiger partial charge in [0.05, 0.1) is 17.5 Å². The Labute approximate surface area is 96.9 Å². The average molecular weight is 240 g/mol. The molecule has 17 heavy (non-hydrogen) atoms. The van der Waals surface area contributed by atoms with E-state index in [1.165, 1.54) is 12.3 Å². The summed E-state index contributed by atoms with van der Waals surface area (Å²) in [4.78, 5) is 24.4. The highest BCUT2D eigenvalue weighted by atomic mass is 16.6. The number of nitrogens with one attached hydrogen (secondary N) is 1. The van der Waals surface area contributed by atoms with Crippen molar-refractivity contribution in [1.82, 2.24) is 4.98 Å². The number of hydrogen-bond acceptors (Lipinski definition) is 6. The first-order chi connectivity index (χ1) is 8.00. The van der Waals surface area contributed by atoms with E-state index in [0.717, 1.165) is 0 Å². The SMILES string of the molecule is Cc1cnc(NCCOC(N)=O)cc1[N+](=O)[O-]. The van der Waals surface area contributed by atoms with Crippen LogP contribution in [0.4, 0.5) is 16.3 Å². The summed E-state index contributed by atoms with van der Waals surface area (Å²) < 4.78 is 4.48. The molecule has 0 radical (unpaired) electrons. The van der Waals surface area contributed by atoms with Gasteiger partial charge in [-0.3, -0.25) is 10.1 Å². The Hall–Kier alpha value is -2.38. The molecule has 1 heterocycles. The van der Waals surface area contributed by atoms with Gasteiger partial charge in [0.2, 0.25) is 0 Å². The molecule has 8 heteroatoms. The number of carbonyl (C=O) groups is 1. The molecule has 8 nitrogen and oxygen atoms in total. The zero-order valence-corrected chi connectivity index (χ0v) is 9.17. The minimum atomic E-state index is -0.866. The van der Waals surface area contributed by atoms with Crippen molar-refractivity contribution in [2.75, 3.05) is 18.5 Å². The van der Waals surface area contributed by atoms with E-state index in [-0.39, 0.29) is 18.8 Å². The van der Waals surface area contributed by atoms with Gasteiger partial charge in [-0.05, 0) is 6.92 Å². The minimum Gasteiger partial charge on any atom is -0.448 e. The van der Waals surface area contributed by atoms with Gasteiger partial charge < -0.3 is 15.8 Å². The summed E-state index contributed by atoms with van der Waals surface area (Å²) in [5.41, 5.74) is 5.23. The van der Waals surface area contributed by atoms with Crippen LogP contribution in [0.5, 0.6) is 0 Å². The third kappa shape index (κ3) is 3.93. The Morgan fingerprint density at radius 3 is 3.00 bits per heavy atom. The maximum atomic E-state index is 10.7. The van der Waals surface area contributed by atoms with E-state index in [1.54, 1.807) is 6.92 Å². The van der Waals surface area contributed by atoms with Gasteiger partial charge in [-0.15, -0.1) is 0 Å². The van der Waals surface area contributed by atoms with Gasteiger partial charge in [0, 0.05) is 11.8 Å². The van der Waals surface area contributed by atoms with E-state index in [4.69, 9.17) is 5.73 Å². The van der Waals surface area contributed by atoms with Crippen LogP contribution in [0.25, 0.3) is 0 Å². The summed E-state index contributed by atoms with van der Waals surface area (Å²) in [6.45, 7) is 1.94. The van der Waals surface area contributed by atoms with Crippen molar-refractivity contribution in [2.45, 2.75) is 6.92 Å². The zero-order chi connectivity index (χ0) is 12.8. The molecular weight excluding hydrogens is 228 g/mol. The fraction of sp³-hybridized carbons (Fsp3) is 0.333. The van der Waals surface area contributed by atoms with Crippen LogP contribution in [0.1, 0.15) is 5.56 Å². The topological polar surface area (TPSA) is 120 Å². The smallest absolute Gasteiger partial charge is 0.404 e. The number of hydrogen-bond donors (Lipinski definition) is 2. The number of ether oxygens (including phenoxy) is 1. The molecule has 1 amide bonds. The molecule has 0 bridgehead atoms. The first-order valence-electron chi connectivity index (χ1n) is 4.78. The molecule has 0 atom stereocenters. The van der Waals surface area contributed by atoms with Gasteiger partial charge in [0.25, 0.3) is 5.69 Å². The van der Waals surface area contributed by atoms with Crippen LogP contribution in [0.15, 0.2) is 12.3 Å². The number of anilines is 1. The van der Waals surface area contributed by atoms with Crippen molar-refractivity contribution < 1.29 is 14.5 Å². The van der Waals surface area contributed by atoms with Crippen LogP contribution >= 0.6 is 0 Å². The molecule has 0 saturated heterocycles. The molecule has 0 spiro atoms. The fourth-order valence-corrected chi connectivity index (χ4v) is 1.14. The number of rotatable bonds is 5. The largest absolute Gasteiger partial charge is 0.448 e. The minimum absolute atomic E-state index is 0.0154. The van der Waals surface area contributed by atoms with Crippen molar-refractivity contribution in [3.05, 3.63) is 27.9 Å². The third-order valence-corrected chi connectivity index (χ3v) is 1.92. The molecule has 0 aromatic carbocycles. The Morgan fingerprint density at radius 2 is 2.41 bits per heavy atom. The lowest BCUT2D eigenvalue weighted by Gasteiger charge is -2.05. The molecule has 92 valence electrons. The van der Waals surface area contributed by atoms with Crippen molar-refractivity contribution in [3.8, 4) is 0 Å². The Bertz CT molecular complexity index is 435. The van der Waals surface area contributed by atoms with Crippen LogP contribution < -0.4 is 11.1 Å². The summed E-state index contributed by atoms with van der Waals surface area (Å²) in [6, 6.07) is 1.32. The third-order valence-electron chi connectivity index (χ3n) is 1.92. The molecule has 0 aliphatic heterocycles. The maximum absolute atomic E-state index is 10.7. The highest BCUT2D eigenvalue weighted by Crippen LogP contribution is 2.19. The van der Waals surface area contributed by atoms with E-state index in [1.807, 2.05) is 0 Å². The van der Waals surface area contributed by atoms with Gasteiger partial charge >= 0.3 is 6.09 Å². The summed E-state index contributed by atoms with van der Waals surface area (Å²) in [6.07, 6.45) is 0.532. The second-order valence-electron chi connectivity index (χ2n) is 3.21. The second-order valence-corrected chi connectivity index (χ2v) is 3.21. The number of aromatic nitrogens is 1. The van der Waals surface area contributed by atoms with Crippen LogP contribution in [0.3, 0.4) is 0 Å². The van der Waals surface area contributed by atoms with E-state index >= 15 is 0 Å². The molecule has 0 saturated carbocycles. The maximum Gasteiger partial charge on any atom is 0.404 e. The molecule has 0 unspecified atom stereocenters. The quantitative estimate of drug-likeness (QED) is 0.446. The van der Waals surface area contributed by atoms with Crippen LogP contribution in [-0.2, 0) is 4.74 Å². The van der Waals surface area contributed by atoms with Gasteiger partial charge in [-0.2, -0.15) is 0 Å². The lowest BCUT2D eigenvalue weighted by Crippen LogP contribution is -2.18. The number of aryl methyl sites for hydroxylation is 1. The summed E-state index contributed by atoms with van der Waals surface area (Å²) in [5, 5.41) is 13.4. The number of amides is 1. The summed E-state index contributed by atoms with van der Waals surface area (Å²) in [7, 11) is 0. The van der Waals surface area contributed by atoms with E-state index in [0.29, 0.717) is 11.4 Å². The number of primary amides is 1. The van der Waals surface area contributed by atoms with E-state index in [9.17, 15) is 14.9 Å². The average Bonchev–Trinajstić information content (AvgIpc) is 2.25. The highest BCUT2D eigenvalue weighted by Gasteiger charge is 2.11. The predicted molar refractivity (Wildman–Crippen MR) is 59.7 cm³/mol. The first-order valence-corrected chi connectivity index (χ1v) is 4.78. The Morgan fingerprint density at radius 1 is 1.71 bits per heavy atom. The van der Waals surface area contributed by atoms with Gasteiger partial charge in [0.1, 0.15) is 12.4 Å². The fourth-order valence-electron chi connectivity index (χ4n) is 1.14. The lowest BCUT2D eigenvalue weighted by atomic mass is 10.2. The highest BCUT2D eigenvalue weighted by molar-refractivity contribution is 5.64. The predicted octanol–water partition coefficient (Wildman–Crippen LogP) is 0.805. The Balaban J connectivity index is 2.57. The summed E-state index contributed by atoms with van der Waals surface area (Å²) in [5.74, 6) is 0.343. The van der Waals surface area contributed by atoms with Crippen LogP contribution in [-0.4, -0.2) is 29.2 Å². The normalized spacial score (nSPS) is 9.71. The molecule has 1 aromatic rings. The van der Waals surface area contributed by atoms with Crippen molar-refractivity contribution in [2.24, 2.45) is 5.73 Å². The van der Waals surface area contributed by atoms with Gasteiger partial charge in [-0.25, -0.2) is 9.78 Å². The number of carbonyl (C=O) groups excluding carboxylic acids is 1. The van der Waals surface area contributed by atoms with Crippen LogP contribution in [0.2, 0.25) is 0 Å². The standard InChI is InChI=1S/C9H12N4O4/c1-6-5-12-8(4-7(6)13(15)16)11-2-3-17-9(10)14/h4-5H,2-3H2,1H3,(H2,10,14)(H,11,12). The Kier molecular flexibility index (Phi) is 4.21. The first kappa shape index (κ1) is 12.7. The molecule has 0 fully saturated rings. The number of nitrogens with two attached hydrogens (primary N) is 1. The molecular formula is C9H12N4O4. The lowest BCUT2D eigenvalue weighted by molar-refractivity contribution is -0.385. The van der Waals surface area contributed by atoms with Crippen LogP contribution in [0, 0.1) is 17.0 Å². The zero-order valence-electron chi connectivity index (χ0n) is 9.17. The van der Waals surface area contributed by atoms with Crippen molar-refractivity contribution in [1.29, 1.82) is 0 Å². The monoisotopic (exact) mass is 240 g/mol. The van der Waals surface area contributed by atoms with Crippen molar-refractivity contribution in [3.63, 3.8) is 0 Å². The molecule has 0 aliphatic rings. The number of nitrogens with zero attached hydrogens (tertiary/aromatic N) is 2. The van der Waals surface area contributed by atoms with E-state index < -0.39 is 11.0 Å².